The summed E-state index contributed by atoms with van der Waals surface area (Å²) in [6, 6.07) is 22.1. The predicted molar refractivity (Wildman–Crippen MR) is 117 cm³/mol. The lowest BCUT2D eigenvalue weighted by atomic mass is 9.81. The molecule has 1 aliphatic rings. The summed E-state index contributed by atoms with van der Waals surface area (Å²) < 4.78 is 0. The summed E-state index contributed by atoms with van der Waals surface area (Å²) >= 11 is 0. The largest absolute Gasteiger partial charge is 0.0683 e. The normalized spacial score (nSPS) is 11.2. The Morgan fingerprint density at radius 2 is 1.12 bits per heavy atom. The first-order valence-electron chi connectivity index (χ1n) is 10.0. The lowest BCUT2D eigenvalue weighted by molar-refractivity contribution is 0.931. The highest BCUT2D eigenvalue weighted by molar-refractivity contribution is 5.80. The van der Waals surface area contributed by atoms with Gasteiger partial charge >= 0.3 is 0 Å². The van der Waals surface area contributed by atoms with Crippen LogP contribution in [-0.2, 0) is 12.8 Å². The summed E-state index contributed by atoms with van der Waals surface area (Å²) in [5, 5.41) is 0. The molecule has 0 unspecified atom stereocenters. The minimum Gasteiger partial charge on any atom is -0.0683 e. The molecular weight excluding hydrogens is 312 g/mol. The van der Waals surface area contributed by atoms with Crippen LogP contribution in [0, 0.1) is 13.8 Å². The monoisotopic (exact) mass is 344 g/mol. The highest BCUT2D eigenvalue weighted by atomic mass is 14.2. The summed E-state index contributed by atoms with van der Waals surface area (Å²) in [5.74, 6) is 0. The first-order chi connectivity index (χ1) is 12.8. The molecule has 0 atom stereocenters. The molecule has 0 fully saturated rings. The van der Waals surface area contributed by atoms with E-state index in [0.29, 0.717) is 0 Å². The first-order valence-corrected chi connectivity index (χ1v) is 10.0. The minimum absolute atomic E-state index is 1.15. The van der Waals surface area contributed by atoms with Crippen molar-refractivity contribution in [2.75, 3.05) is 0 Å². The van der Waals surface area contributed by atoms with Crippen molar-refractivity contribution in [3.8, 4) is 22.3 Å². The summed E-state index contributed by atoms with van der Waals surface area (Å²) in [5.41, 5.74) is 11.4. The molecule has 4 rings (SSSR count). The van der Waals surface area contributed by atoms with Gasteiger partial charge in [0.1, 0.15) is 0 Å². The van der Waals surface area contributed by atoms with Crippen molar-refractivity contribution >= 4 is 0 Å². The van der Waals surface area contributed by atoms with Crippen LogP contribution in [0.4, 0.5) is 0 Å². The van der Waals surface area contributed by atoms with Gasteiger partial charge in [-0.3, -0.25) is 0 Å². The Balaban J connectivity index is 0.000000570. The third kappa shape index (κ3) is 3.75. The summed E-state index contributed by atoms with van der Waals surface area (Å²) in [4.78, 5) is 0. The summed E-state index contributed by atoms with van der Waals surface area (Å²) in [6.45, 7) is 12.5. The Hall–Kier alpha value is -2.34. The Kier molecular flexibility index (Phi) is 7.21. The van der Waals surface area contributed by atoms with E-state index in [9.17, 15) is 0 Å². The van der Waals surface area contributed by atoms with Gasteiger partial charge in [0.25, 0.3) is 0 Å². The highest BCUT2D eigenvalue weighted by Gasteiger charge is 2.19. The zero-order valence-electron chi connectivity index (χ0n) is 17.2. The third-order valence-corrected chi connectivity index (χ3v) is 4.99. The number of fused-ring (bicyclic) bond motifs is 3. The van der Waals surface area contributed by atoms with Crippen LogP contribution in [0.15, 0.2) is 60.7 Å². The lowest BCUT2D eigenvalue weighted by Crippen LogP contribution is -2.06. The van der Waals surface area contributed by atoms with Gasteiger partial charge in [0.05, 0.1) is 0 Å². The maximum absolute atomic E-state index is 2.32. The molecule has 0 radical (unpaired) electrons. The molecule has 1 aliphatic carbocycles. The molecular formula is C26H32. The van der Waals surface area contributed by atoms with E-state index >= 15 is 0 Å². The molecule has 0 heterocycles. The number of hydrogen-bond acceptors (Lipinski definition) is 0. The topological polar surface area (TPSA) is 0 Å². The van der Waals surface area contributed by atoms with Gasteiger partial charge in [-0.2, -0.15) is 0 Å². The summed E-state index contributed by atoms with van der Waals surface area (Å²) in [7, 11) is 0. The van der Waals surface area contributed by atoms with Crippen molar-refractivity contribution in [2.45, 2.75) is 54.4 Å². The van der Waals surface area contributed by atoms with E-state index < -0.39 is 0 Å². The molecule has 0 saturated carbocycles. The Bertz CT molecular complexity index is 856. The molecule has 0 spiro atoms. The van der Waals surface area contributed by atoms with Crippen molar-refractivity contribution < 1.29 is 0 Å². The fourth-order valence-corrected chi connectivity index (χ4v) is 3.76. The average Bonchev–Trinajstić information content (AvgIpc) is 2.72. The van der Waals surface area contributed by atoms with Crippen LogP contribution < -0.4 is 0 Å². The van der Waals surface area contributed by atoms with Crippen LogP contribution >= 0.6 is 0 Å². The number of rotatable bonds is 1. The fourth-order valence-electron chi connectivity index (χ4n) is 3.76. The van der Waals surface area contributed by atoms with Gasteiger partial charge in [-0.1, -0.05) is 88.4 Å². The molecule has 0 nitrogen and oxygen atoms in total. The molecule has 0 bridgehead atoms. The predicted octanol–water partition coefficient (Wildman–Crippen LogP) is 7.79. The van der Waals surface area contributed by atoms with E-state index in [1.165, 1.54) is 44.5 Å². The van der Waals surface area contributed by atoms with Crippen LogP contribution in [0.5, 0.6) is 0 Å². The Morgan fingerprint density at radius 1 is 0.538 bits per heavy atom. The zero-order chi connectivity index (χ0) is 19.1. The van der Waals surface area contributed by atoms with Gasteiger partial charge in [0.15, 0.2) is 0 Å². The lowest BCUT2D eigenvalue weighted by Gasteiger charge is -2.23. The molecule has 136 valence electrons. The first kappa shape index (κ1) is 20.0. The second-order valence-corrected chi connectivity index (χ2v) is 6.24. The molecule has 0 heteroatoms. The smallest absolute Gasteiger partial charge is 0.0146 e. The van der Waals surface area contributed by atoms with Gasteiger partial charge in [0, 0.05) is 0 Å². The molecule has 0 N–H and O–H groups in total. The van der Waals surface area contributed by atoms with Crippen molar-refractivity contribution in [2.24, 2.45) is 0 Å². The Morgan fingerprint density at radius 3 is 1.81 bits per heavy atom. The average molecular weight is 345 g/mol. The summed E-state index contributed by atoms with van der Waals surface area (Å²) in [6.07, 6.45) is 2.30. The molecule has 0 amide bonds. The van der Waals surface area contributed by atoms with Gasteiger partial charge < -0.3 is 0 Å². The fraction of sp³-hybridized carbons (Fsp3) is 0.308. The van der Waals surface area contributed by atoms with Crippen molar-refractivity contribution in [3.05, 3.63) is 82.9 Å². The van der Waals surface area contributed by atoms with Crippen LogP contribution in [-0.4, -0.2) is 0 Å². The molecule has 0 saturated heterocycles. The van der Waals surface area contributed by atoms with Crippen molar-refractivity contribution in [3.63, 3.8) is 0 Å². The second kappa shape index (κ2) is 9.38. The van der Waals surface area contributed by atoms with Gasteiger partial charge in [0.2, 0.25) is 0 Å². The molecule has 0 aromatic heterocycles. The van der Waals surface area contributed by atoms with Crippen LogP contribution in [0.1, 0.15) is 49.9 Å². The van der Waals surface area contributed by atoms with E-state index in [1.807, 2.05) is 27.7 Å². The van der Waals surface area contributed by atoms with Gasteiger partial charge in [-0.25, -0.2) is 0 Å². The SMILES string of the molecule is CC.CC.Cc1ccccc1-c1ccc2c(c1C)CCc1ccccc1-2. The van der Waals surface area contributed by atoms with E-state index in [4.69, 9.17) is 0 Å². The molecule has 3 aromatic carbocycles. The van der Waals surface area contributed by atoms with E-state index in [2.05, 4.69) is 74.5 Å². The minimum atomic E-state index is 1.15. The highest BCUT2D eigenvalue weighted by Crippen LogP contribution is 2.39. The van der Waals surface area contributed by atoms with Gasteiger partial charge in [-0.05, 0) is 71.2 Å². The Labute approximate surface area is 159 Å². The standard InChI is InChI=1S/C22H20.2C2H6/c1-15-7-3-5-9-18(15)19-13-14-22-20(16(19)2)12-11-17-8-4-6-10-21(17)22;2*1-2/h3-10,13-14H,11-12H2,1-2H3;2*1-2H3. The molecule has 0 aliphatic heterocycles. The number of benzene rings is 3. The van der Waals surface area contributed by atoms with Crippen LogP contribution in [0.3, 0.4) is 0 Å². The molecule has 3 aromatic rings. The van der Waals surface area contributed by atoms with E-state index in [-0.39, 0.29) is 0 Å². The van der Waals surface area contributed by atoms with Crippen molar-refractivity contribution in [1.29, 1.82) is 0 Å². The maximum atomic E-state index is 2.32. The maximum Gasteiger partial charge on any atom is -0.0146 e. The van der Waals surface area contributed by atoms with Crippen LogP contribution in [0.25, 0.3) is 22.3 Å². The molecule has 26 heavy (non-hydrogen) atoms. The van der Waals surface area contributed by atoms with E-state index in [1.54, 1.807) is 0 Å². The number of hydrogen-bond donors (Lipinski definition) is 0. The quantitative estimate of drug-likeness (QED) is 0.422. The third-order valence-electron chi connectivity index (χ3n) is 4.99. The second-order valence-electron chi connectivity index (χ2n) is 6.24. The van der Waals surface area contributed by atoms with Crippen molar-refractivity contribution in [1.82, 2.24) is 0 Å². The number of aryl methyl sites for hydroxylation is 2. The van der Waals surface area contributed by atoms with Crippen LogP contribution in [0.2, 0.25) is 0 Å². The van der Waals surface area contributed by atoms with E-state index in [0.717, 1.165) is 12.8 Å². The van der Waals surface area contributed by atoms with Gasteiger partial charge in [-0.15, -0.1) is 0 Å². The zero-order valence-corrected chi connectivity index (χ0v) is 17.2.